The SMILES string of the molecule is COCC(=O)Nc1cn[nH]c1[C@@H]1CCCN(S(=O)(=O)CC2CCCCC2)C1. The Morgan fingerprint density at radius 1 is 1.30 bits per heavy atom. The van der Waals surface area contributed by atoms with E-state index in [0.717, 1.165) is 44.2 Å². The van der Waals surface area contributed by atoms with Crippen LogP contribution in [0.3, 0.4) is 0 Å². The maximum atomic E-state index is 12.9. The van der Waals surface area contributed by atoms with E-state index in [0.29, 0.717) is 24.7 Å². The number of aromatic nitrogens is 2. The number of nitrogens with zero attached hydrogens (tertiary/aromatic N) is 2. The Morgan fingerprint density at radius 2 is 2.07 bits per heavy atom. The van der Waals surface area contributed by atoms with Crippen LogP contribution in [0.25, 0.3) is 0 Å². The Hall–Kier alpha value is -1.45. The molecule has 0 radical (unpaired) electrons. The minimum absolute atomic E-state index is 0.000209. The van der Waals surface area contributed by atoms with Gasteiger partial charge < -0.3 is 10.1 Å². The smallest absolute Gasteiger partial charge is 0.250 e. The number of anilines is 1. The van der Waals surface area contributed by atoms with Crippen molar-refractivity contribution in [3.63, 3.8) is 0 Å². The van der Waals surface area contributed by atoms with Crippen molar-refractivity contribution in [2.75, 3.05) is 37.9 Å². The van der Waals surface area contributed by atoms with Crippen molar-refractivity contribution in [3.8, 4) is 0 Å². The van der Waals surface area contributed by atoms with Crippen LogP contribution in [0.15, 0.2) is 6.20 Å². The number of carbonyl (C=O) groups is 1. The summed E-state index contributed by atoms with van der Waals surface area (Å²) in [5.41, 5.74) is 1.39. The molecule has 2 N–H and O–H groups in total. The lowest BCUT2D eigenvalue weighted by molar-refractivity contribution is -0.119. The first-order chi connectivity index (χ1) is 13.0. The molecule has 0 spiro atoms. The van der Waals surface area contributed by atoms with Crippen LogP contribution >= 0.6 is 0 Å². The number of amides is 1. The van der Waals surface area contributed by atoms with Crippen molar-refractivity contribution >= 4 is 21.6 Å². The van der Waals surface area contributed by atoms with Gasteiger partial charge in [-0.05, 0) is 31.6 Å². The highest BCUT2D eigenvalue weighted by atomic mass is 32.2. The van der Waals surface area contributed by atoms with E-state index >= 15 is 0 Å². The molecule has 27 heavy (non-hydrogen) atoms. The molecule has 2 aliphatic rings. The zero-order valence-electron chi connectivity index (χ0n) is 15.9. The molecule has 1 aromatic rings. The lowest BCUT2D eigenvalue weighted by Crippen LogP contribution is -2.42. The van der Waals surface area contributed by atoms with Crippen molar-refractivity contribution in [2.45, 2.75) is 50.9 Å². The van der Waals surface area contributed by atoms with Gasteiger partial charge in [0.05, 0.1) is 23.3 Å². The topological polar surface area (TPSA) is 104 Å². The second-order valence-electron chi connectivity index (χ2n) is 7.66. The first-order valence-electron chi connectivity index (χ1n) is 9.79. The number of H-pyrrole nitrogens is 1. The highest BCUT2D eigenvalue weighted by Crippen LogP contribution is 2.33. The van der Waals surface area contributed by atoms with Gasteiger partial charge in [-0.2, -0.15) is 5.10 Å². The molecule has 1 atom stereocenters. The molecule has 2 fully saturated rings. The van der Waals surface area contributed by atoms with Crippen LogP contribution < -0.4 is 5.32 Å². The average Bonchev–Trinajstić information content (AvgIpc) is 3.10. The van der Waals surface area contributed by atoms with Crippen molar-refractivity contribution in [1.29, 1.82) is 0 Å². The molecule has 1 saturated heterocycles. The van der Waals surface area contributed by atoms with Gasteiger partial charge in [-0.1, -0.05) is 19.3 Å². The summed E-state index contributed by atoms with van der Waals surface area (Å²) < 4.78 is 32.3. The lowest BCUT2D eigenvalue weighted by Gasteiger charge is -2.33. The molecule has 152 valence electrons. The van der Waals surface area contributed by atoms with Gasteiger partial charge in [0.25, 0.3) is 0 Å². The van der Waals surface area contributed by atoms with Crippen LogP contribution in [-0.2, 0) is 19.6 Å². The second-order valence-corrected chi connectivity index (χ2v) is 9.67. The van der Waals surface area contributed by atoms with Crippen LogP contribution in [0.2, 0.25) is 0 Å². The molecule has 3 rings (SSSR count). The number of ether oxygens (including phenoxy) is 1. The van der Waals surface area contributed by atoms with Crippen molar-refractivity contribution in [2.24, 2.45) is 5.92 Å². The van der Waals surface area contributed by atoms with Crippen LogP contribution in [0.4, 0.5) is 5.69 Å². The largest absolute Gasteiger partial charge is 0.375 e. The fourth-order valence-corrected chi connectivity index (χ4v) is 6.17. The number of methoxy groups -OCH3 is 1. The molecule has 1 aliphatic carbocycles. The minimum Gasteiger partial charge on any atom is -0.375 e. The molecule has 8 nitrogen and oxygen atoms in total. The summed E-state index contributed by atoms with van der Waals surface area (Å²) in [6, 6.07) is 0. The van der Waals surface area contributed by atoms with Crippen LogP contribution in [-0.4, -0.2) is 61.4 Å². The Labute approximate surface area is 161 Å². The van der Waals surface area contributed by atoms with E-state index in [-0.39, 0.29) is 24.2 Å². The monoisotopic (exact) mass is 398 g/mol. The molecule has 1 saturated carbocycles. The van der Waals surface area contributed by atoms with Gasteiger partial charge in [0.2, 0.25) is 15.9 Å². The van der Waals surface area contributed by atoms with Crippen molar-refractivity contribution in [3.05, 3.63) is 11.9 Å². The predicted octanol–water partition coefficient (Wildman–Crippen LogP) is 2.08. The molecule has 0 bridgehead atoms. The van der Waals surface area contributed by atoms with Gasteiger partial charge in [-0.15, -0.1) is 0 Å². The lowest BCUT2D eigenvalue weighted by atomic mass is 9.91. The van der Waals surface area contributed by atoms with E-state index in [4.69, 9.17) is 4.74 Å². The average molecular weight is 399 g/mol. The number of aromatic amines is 1. The van der Waals surface area contributed by atoms with Crippen LogP contribution in [0.5, 0.6) is 0 Å². The molecule has 1 aromatic heterocycles. The van der Waals surface area contributed by atoms with Gasteiger partial charge in [-0.3, -0.25) is 9.89 Å². The maximum absolute atomic E-state index is 12.9. The highest BCUT2D eigenvalue weighted by molar-refractivity contribution is 7.89. The number of rotatable bonds is 7. The van der Waals surface area contributed by atoms with Crippen molar-refractivity contribution in [1.82, 2.24) is 14.5 Å². The first-order valence-corrected chi connectivity index (χ1v) is 11.4. The number of piperidine rings is 1. The molecular weight excluding hydrogens is 368 g/mol. The van der Waals surface area contributed by atoms with Gasteiger partial charge >= 0.3 is 0 Å². The molecule has 9 heteroatoms. The van der Waals surface area contributed by atoms with E-state index in [1.54, 1.807) is 10.5 Å². The number of hydrogen-bond acceptors (Lipinski definition) is 5. The van der Waals surface area contributed by atoms with E-state index in [1.165, 1.54) is 13.5 Å². The molecule has 0 aromatic carbocycles. The number of carbonyl (C=O) groups excluding carboxylic acids is 1. The summed E-state index contributed by atoms with van der Waals surface area (Å²) in [6.45, 7) is 0.979. The third kappa shape index (κ3) is 5.30. The summed E-state index contributed by atoms with van der Waals surface area (Å²) in [5, 5.41) is 9.77. The summed E-state index contributed by atoms with van der Waals surface area (Å²) in [6.07, 6.45) is 8.78. The minimum atomic E-state index is -3.26. The van der Waals surface area contributed by atoms with E-state index in [2.05, 4.69) is 15.5 Å². The molecule has 1 aliphatic heterocycles. The van der Waals surface area contributed by atoms with Crippen LogP contribution in [0.1, 0.15) is 56.6 Å². The second kappa shape index (κ2) is 9.16. The zero-order valence-corrected chi connectivity index (χ0v) is 16.8. The zero-order chi connectivity index (χ0) is 19.3. The Bertz CT molecular complexity index is 727. The molecule has 0 unspecified atom stereocenters. The van der Waals surface area contributed by atoms with Gasteiger partial charge in [0, 0.05) is 26.1 Å². The van der Waals surface area contributed by atoms with Gasteiger partial charge in [0.1, 0.15) is 6.61 Å². The predicted molar refractivity (Wildman–Crippen MR) is 103 cm³/mol. The Balaban J connectivity index is 1.65. The summed E-state index contributed by atoms with van der Waals surface area (Å²) in [7, 11) is -1.80. The molecular formula is C18H30N4O4S. The summed E-state index contributed by atoms with van der Waals surface area (Å²) in [4.78, 5) is 11.8. The Morgan fingerprint density at radius 3 is 2.81 bits per heavy atom. The molecule has 2 heterocycles. The maximum Gasteiger partial charge on any atom is 0.250 e. The fourth-order valence-electron chi connectivity index (χ4n) is 4.21. The number of sulfonamides is 1. The molecule has 1 amide bonds. The summed E-state index contributed by atoms with van der Waals surface area (Å²) in [5.74, 6) is 0.304. The third-order valence-corrected chi connectivity index (χ3v) is 7.59. The number of nitrogens with one attached hydrogen (secondary N) is 2. The third-order valence-electron chi connectivity index (χ3n) is 5.58. The highest BCUT2D eigenvalue weighted by Gasteiger charge is 2.33. The fraction of sp³-hybridized carbons (Fsp3) is 0.778. The quantitative estimate of drug-likeness (QED) is 0.732. The first kappa shape index (κ1) is 20.3. The van der Waals surface area contributed by atoms with Gasteiger partial charge in [-0.25, -0.2) is 12.7 Å². The number of hydrogen-bond donors (Lipinski definition) is 2. The van der Waals surface area contributed by atoms with E-state index in [1.807, 2.05) is 0 Å². The van der Waals surface area contributed by atoms with Crippen molar-refractivity contribution < 1.29 is 17.9 Å². The van der Waals surface area contributed by atoms with E-state index < -0.39 is 10.0 Å². The standard InChI is InChI=1S/C18H30N4O4S/c1-26-12-17(23)20-16-10-19-21-18(16)15-8-5-9-22(11-15)27(24,25)13-14-6-3-2-4-7-14/h10,14-15H,2-9,11-13H2,1H3,(H,19,21)(H,20,23)/t15-/m1/s1. The Kier molecular flexibility index (Phi) is 6.88. The van der Waals surface area contributed by atoms with E-state index in [9.17, 15) is 13.2 Å². The van der Waals surface area contributed by atoms with Crippen LogP contribution in [0, 0.1) is 5.92 Å². The van der Waals surface area contributed by atoms with Gasteiger partial charge in [0.15, 0.2) is 0 Å². The summed E-state index contributed by atoms with van der Waals surface area (Å²) >= 11 is 0. The normalized spacial score (nSPS) is 22.6.